The van der Waals surface area contributed by atoms with Crippen molar-refractivity contribution in [1.82, 2.24) is 19.7 Å². The van der Waals surface area contributed by atoms with Crippen LogP contribution in [0.2, 0.25) is 0 Å². The number of aliphatic hydroxyl groups excluding tert-OH is 3. The molecule has 3 heterocycles. The topological polar surface area (TPSA) is 197 Å². The van der Waals surface area contributed by atoms with Crippen LogP contribution in [0.4, 0.5) is 5.95 Å². The lowest BCUT2D eigenvalue weighted by atomic mass is 10.1. The molecule has 124 valence electrons. The Morgan fingerprint density at radius 1 is 1.39 bits per heavy atom. The Bertz CT molecular complexity index is 830. The second-order valence-corrected chi connectivity index (χ2v) is 4.98. The number of carboxylic acid groups (broad SMARTS) is 1. The third-order valence-electron chi connectivity index (χ3n) is 3.54. The SMILES string of the molecule is Nc1nc2c(c(C(=O)O)nn2[C@@H]2O[C@H](CO)[C@@H](O)[C@H]2O)c(=O)[nH]1. The molecule has 3 rings (SSSR count). The van der Waals surface area contributed by atoms with Gasteiger partial charge in [-0.1, -0.05) is 0 Å². The van der Waals surface area contributed by atoms with E-state index in [0.29, 0.717) is 0 Å². The molecule has 1 saturated heterocycles. The first-order valence-electron chi connectivity index (χ1n) is 6.49. The van der Waals surface area contributed by atoms with Gasteiger partial charge in [-0.25, -0.2) is 9.48 Å². The molecule has 12 heteroatoms. The average Bonchev–Trinajstić information content (AvgIpc) is 2.99. The zero-order valence-corrected chi connectivity index (χ0v) is 11.4. The molecule has 2 aromatic heterocycles. The first-order valence-corrected chi connectivity index (χ1v) is 6.49. The fraction of sp³-hybridized carbons (Fsp3) is 0.455. The van der Waals surface area contributed by atoms with Crippen LogP contribution < -0.4 is 11.3 Å². The van der Waals surface area contributed by atoms with E-state index in [2.05, 4.69) is 15.1 Å². The summed E-state index contributed by atoms with van der Waals surface area (Å²) in [5.74, 6) is -1.77. The number of nitrogens with two attached hydrogens (primary N) is 1. The molecule has 4 atom stereocenters. The van der Waals surface area contributed by atoms with E-state index in [0.717, 1.165) is 4.68 Å². The zero-order chi connectivity index (χ0) is 16.9. The molecule has 12 nitrogen and oxygen atoms in total. The molecule has 0 radical (unpaired) electrons. The highest BCUT2D eigenvalue weighted by Crippen LogP contribution is 2.31. The third kappa shape index (κ3) is 2.24. The number of nitrogens with one attached hydrogen (secondary N) is 1. The summed E-state index contributed by atoms with van der Waals surface area (Å²) in [5.41, 5.74) is 3.80. The zero-order valence-electron chi connectivity index (χ0n) is 11.4. The van der Waals surface area contributed by atoms with Crippen molar-refractivity contribution < 1.29 is 30.0 Å². The number of nitrogen functional groups attached to an aromatic ring is 1. The number of carboxylic acids is 1. The summed E-state index contributed by atoms with van der Waals surface area (Å²) in [4.78, 5) is 29.2. The van der Waals surface area contributed by atoms with Crippen LogP contribution >= 0.6 is 0 Å². The predicted molar refractivity (Wildman–Crippen MR) is 72.5 cm³/mol. The summed E-state index contributed by atoms with van der Waals surface area (Å²) in [6.07, 6.45) is -5.37. The Balaban J connectivity index is 2.23. The second kappa shape index (κ2) is 5.27. The molecule has 0 bridgehead atoms. The van der Waals surface area contributed by atoms with Crippen molar-refractivity contribution in [2.24, 2.45) is 0 Å². The fourth-order valence-electron chi connectivity index (χ4n) is 2.47. The van der Waals surface area contributed by atoms with Gasteiger partial charge in [0.15, 0.2) is 17.6 Å². The minimum Gasteiger partial charge on any atom is -0.476 e. The number of carbonyl (C=O) groups is 1. The first kappa shape index (κ1) is 15.4. The van der Waals surface area contributed by atoms with Crippen LogP contribution in [0.1, 0.15) is 16.7 Å². The fourth-order valence-corrected chi connectivity index (χ4v) is 2.47. The van der Waals surface area contributed by atoms with Gasteiger partial charge < -0.3 is 30.9 Å². The lowest BCUT2D eigenvalue weighted by molar-refractivity contribution is -0.0568. The standard InChI is InChI=1S/C11H13N5O7/c12-11-13-7-3(8(20)14-11)4(10(21)22)15-16(7)9-6(19)5(18)2(1-17)23-9/h2,5-6,9,17-19H,1H2,(H,21,22)(H3,12,13,14,20)/t2-,5-,6-,9-/m1/s1. The Kier molecular flexibility index (Phi) is 3.52. The summed E-state index contributed by atoms with van der Waals surface area (Å²) in [6, 6.07) is 0. The van der Waals surface area contributed by atoms with Crippen molar-refractivity contribution >= 4 is 23.0 Å². The summed E-state index contributed by atoms with van der Waals surface area (Å²) < 4.78 is 6.12. The van der Waals surface area contributed by atoms with Crippen LogP contribution in [0.5, 0.6) is 0 Å². The maximum atomic E-state index is 11.9. The molecule has 1 aliphatic heterocycles. The minimum absolute atomic E-state index is 0.224. The number of aliphatic hydroxyl groups is 3. The van der Waals surface area contributed by atoms with Gasteiger partial charge in [0.1, 0.15) is 23.7 Å². The number of nitrogens with zero attached hydrogens (tertiary/aromatic N) is 3. The number of fused-ring (bicyclic) bond motifs is 1. The summed E-state index contributed by atoms with van der Waals surface area (Å²) >= 11 is 0. The number of H-pyrrole nitrogens is 1. The molecule has 1 fully saturated rings. The maximum absolute atomic E-state index is 11.9. The number of ether oxygens (including phenoxy) is 1. The molecule has 0 amide bonds. The number of hydrogen-bond donors (Lipinski definition) is 6. The highest BCUT2D eigenvalue weighted by Gasteiger charge is 2.45. The molecule has 0 aromatic carbocycles. The van der Waals surface area contributed by atoms with E-state index in [-0.39, 0.29) is 17.0 Å². The Morgan fingerprint density at radius 2 is 2.09 bits per heavy atom. The molecule has 0 spiro atoms. The van der Waals surface area contributed by atoms with Crippen molar-refractivity contribution in [3.63, 3.8) is 0 Å². The van der Waals surface area contributed by atoms with Crippen LogP contribution in [0, 0.1) is 0 Å². The summed E-state index contributed by atoms with van der Waals surface area (Å²) in [7, 11) is 0. The van der Waals surface area contributed by atoms with E-state index >= 15 is 0 Å². The third-order valence-corrected chi connectivity index (χ3v) is 3.54. The Hall–Kier alpha value is -2.54. The number of aromatic amines is 1. The Morgan fingerprint density at radius 3 is 2.65 bits per heavy atom. The highest BCUT2D eigenvalue weighted by atomic mass is 16.6. The second-order valence-electron chi connectivity index (χ2n) is 4.98. The molecule has 0 saturated carbocycles. The molecular weight excluding hydrogens is 314 g/mol. The normalized spacial score (nSPS) is 27.6. The number of hydrogen-bond acceptors (Lipinski definition) is 9. The van der Waals surface area contributed by atoms with Gasteiger partial charge in [-0.15, -0.1) is 0 Å². The molecule has 7 N–H and O–H groups in total. The van der Waals surface area contributed by atoms with Crippen molar-refractivity contribution in [1.29, 1.82) is 0 Å². The number of aromatic carboxylic acids is 1. The quantitative estimate of drug-likeness (QED) is 0.338. The van der Waals surface area contributed by atoms with Gasteiger partial charge in [-0.3, -0.25) is 9.78 Å². The van der Waals surface area contributed by atoms with Crippen LogP contribution in [0.15, 0.2) is 4.79 Å². The van der Waals surface area contributed by atoms with Gasteiger partial charge in [-0.2, -0.15) is 10.1 Å². The summed E-state index contributed by atoms with van der Waals surface area (Å²) in [5, 5.41) is 41.5. The lowest BCUT2D eigenvalue weighted by Crippen LogP contribution is -2.33. The average molecular weight is 327 g/mol. The number of rotatable bonds is 3. The maximum Gasteiger partial charge on any atom is 0.357 e. The van der Waals surface area contributed by atoms with Gasteiger partial charge in [-0.05, 0) is 0 Å². The van der Waals surface area contributed by atoms with Crippen LogP contribution in [0.25, 0.3) is 11.0 Å². The number of anilines is 1. The van der Waals surface area contributed by atoms with E-state index < -0.39 is 48.4 Å². The number of aromatic nitrogens is 4. The molecule has 1 aliphatic rings. The lowest BCUT2D eigenvalue weighted by Gasteiger charge is -2.15. The van der Waals surface area contributed by atoms with Gasteiger partial charge >= 0.3 is 5.97 Å². The van der Waals surface area contributed by atoms with Gasteiger partial charge in [0.05, 0.1) is 6.61 Å². The monoisotopic (exact) mass is 327 g/mol. The van der Waals surface area contributed by atoms with E-state index in [9.17, 15) is 19.8 Å². The van der Waals surface area contributed by atoms with E-state index in [1.54, 1.807) is 0 Å². The van der Waals surface area contributed by atoms with Crippen molar-refractivity contribution in [2.75, 3.05) is 12.3 Å². The van der Waals surface area contributed by atoms with Gasteiger partial charge in [0.2, 0.25) is 5.95 Å². The largest absolute Gasteiger partial charge is 0.476 e. The smallest absolute Gasteiger partial charge is 0.357 e. The highest BCUT2D eigenvalue weighted by molar-refractivity contribution is 5.99. The van der Waals surface area contributed by atoms with Gasteiger partial charge in [0, 0.05) is 0 Å². The Labute approximate surface area is 126 Å². The van der Waals surface area contributed by atoms with Crippen LogP contribution in [-0.4, -0.2) is 71.1 Å². The van der Waals surface area contributed by atoms with E-state index in [1.165, 1.54) is 0 Å². The van der Waals surface area contributed by atoms with Gasteiger partial charge in [0.25, 0.3) is 5.56 Å². The van der Waals surface area contributed by atoms with Crippen molar-refractivity contribution in [3.8, 4) is 0 Å². The van der Waals surface area contributed by atoms with Crippen LogP contribution in [-0.2, 0) is 4.74 Å². The van der Waals surface area contributed by atoms with Crippen molar-refractivity contribution in [2.45, 2.75) is 24.5 Å². The van der Waals surface area contributed by atoms with Crippen molar-refractivity contribution in [3.05, 3.63) is 16.0 Å². The minimum atomic E-state index is -1.51. The first-order chi connectivity index (χ1) is 10.8. The molecule has 23 heavy (non-hydrogen) atoms. The molecule has 0 unspecified atom stereocenters. The van der Waals surface area contributed by atoms with Crippen LogP contribution in [0.3, 0.4) is 0 Å². The molecular formula is C11H13N5O7. The predicted octanol–water partition coefficient (Wildman–Crippen LogP) is -2.99. The summed E-state index contributed by atoms with van der Waals surface area (Å²) in [6.45, 7) is -0.574. The van der Waals surface area contributed by atoms with E-state index in [1.807, 2.05) is 0 Å². The molecule has 0 aliphatic carbocycles. The van der Waals surface area contributed by atoms with E-state index in [4.69, 9.17) is 20.7 Å². The molecule has 2 aromatic rings.